The number of hydrogen-bond acceptors (Lipinski definition) is 3. The minimum Gasteiger partial charge on any atom is -0.492 e. The first-order chi connectivity index (χ1) is 15.2. The van der Waals surface area contributed by atoms with E-state index in [1.165, 1.54) is 24.8 Å². The molecule has 0 aromatic heterocycles. The van der Waals surface area contributed by atoms with Crippen molar-refractivity contribution in [3.63, 3.8) is 0 Å². The highest BCUT2D eigenvalue weighted by atomic mass is 16.5. The SMILES string of the molecule is CC(=O)c1ccc(-c2ccc(OCCN3CCC(Cc4ccccc4)CC3)cc2)cc1. The molecule has 1 heterocycles. The Hall–Kier alpha value is -2.91. The van der Waals surface area contributed by atoms with Crippen LogP contribution in [0.25, 0.3) is 11.1 Å². The van der Waals surface area contributed by atoms with E-state index in [0.29, 0.717) is 0 Å². The lowest BCUT2D eigenvalue weighted by atomic mass is 9.90. The van der Waals surface area contributed by atoms with Crippen molar-refractivity contribution in [3.8, 4) is 16.9 Å². The molecule has 0 radical (unpaired) electrons. The van der Waals surface area contributed by atoms with Crippen LogP contribution in [0.5, 0.6) is 5.75 Å². The molecule has 4 rings (SSSR count). The number of piperidine rings is 1. The van der Waals surface area contributed by atoms with Crippen molar-refractivity contribution in [1.82, 2.24) is 4.90 Å². The maximum atomic E-state index is 11.4. The van der Waals surface area contributed by atoms with E-state index in [2.05, 4.69) is 47.4 Å². The monoisotopic (exact) mass is 413 g/mol. The molecule has 3 aromatic carbocycles. The fourth-order valence-corrected chi connectivity index (χ4v) is 4.30. The average molecular weight is 414 g/mol. The van der Waals surface area contributed by atoms with Crippen LogP contribution in [-0.2, 0) is 6.42 Å². The zero-order valence-electron chi connectivity index (χ0n) is 18.3. The van der Waals surface area contributed by atoms with Gasteiger partial charge in [-0.25, -0.2) is 0 Å². The molecule has 0 atom stereocenters. The zero-order chi connectivity index (χ0) is 21.5. The van der Waals surface area contributed by atoms with Crippen molar-refractivity contribution >= 4 is 5.78 Å². The zero-order valence-corrected chi connectivity index (χ0v) is 18.3. The van der Waals surface area contributed by atoms with Gasteiger partial charge >= 0.3 is 0 Å². The van der Waals surface area contributed by atoms with Gasteiger partial charge in [-0.05, 0) is 74.0 Å². The van der Waals surface area contributed by atoms with Gasteiger partial charge in [0.2, 0.25) is 0 Å². The highest BCUT2D eigenvalue weighted by molar-refractivity contribution is 5.94. The summed E-state index contributed by atoms with van der Waals surface area (Å²) in [6.45, 7) is 5.61. The highest BCUT2D eigenvalue weighted by Crippen LogP contribution is 2.24. The van der Waals surface area contributed by atoms with Gasteiger partial charge in [-0.1, -0.05) is 66.7 Å². The molecular weight excluding hydrogens is 382 g/mol. The summed E-state index contributed by atoms with van der Waals surface area (Å²) in [6, 6.07) is 26.8. The lowest BCUT2D eigenvalue weighted by Crippen LogP contribution is -2.36. The number of benzene rings is 3. The third-order valence-electron chi connectivity index (χ3n) is 6.23. The third-order valence-corrected chi connectivity index (χ3v) is 6.23. The summed E-state index contributed by atoms with van der Waals surface area (Å²) in [6.07, 6.45) is 3.74. The van der Waals surface area contributed by atoms with Crippen molar-refractivity contribution in [3.05, 3.63) is 90.0 Å². The summed E-state index contributed by atoms with van der Waals surface area (Å²) in [7, 11) is 0. The topological polar surface area (TPSA) is 29.5 Å². The van der Waals surface area contributed by atoms with Crippen LogP contribution in [0.3, 0.4) is 0 Å². The van der Waals surface area contributed by atoms with Crippen LogP contribution >= 0.6 is 0 Å². The summed E-state index contributed by atoms with van der Waals surface area (Å²) < 4.78 is 5.99. The number of Topliss-reactive ketones (excluding diaryl/α,β-unsaturated/α-hetero) is 1. The molecule has 0 bridgehead atoms. The number of nitrogens with zero attached hydrogens (tertiary/aromatic N) is 1. The largest absolute Gasteiger partial charge is 0.492 e. The standard InChI is InChI=1S/C28H31NO2/c1-22(30)25-7-9-26(10-8-25)27-11-13-28(14-12-27)31-20-19-29-17-15-24(16-18-29)21-23-5-3-2-4-6-23/h2-14,24H,15-21H2,1H3. The Balaban J connectivity index is 1.19. The molecule has 3 nitrogen and oxygen atoms in total. The number of likely N-dealkylation sites (tertiary alicyclic amines) is 1. The molecule has 0 aliphatic carbocycles. The normalized spacial score (nSPS) is 15.0. The van der Waals surface area contributed by atoms with Gasteiger partial charge in [-0.3, -0.25) is 9.69 Å². The van der Waals surface area contributed by atoms with E-state index < -0.39 is 0 Å². The van der Waals surface area contributed by atoms with Gasteiger partial charge in [0, 0.05) is 12.1 Å². The second-order valence-electron chi connectivity index (χ2n) is 8.48. The van der Waals surface area contributed by atoms with Crippen LogP contribution in [0.15, 0.2) is 78.9 Å². The summed E-state index contributed by atoms with van der Waals surface area (Å²) >= 11 is 0. The molecule has 0 spiro atoms. The molecule has 1 saturated heterocycles. The van der Waals surface area contributed by atoms with Crippen LogP contribution in [0.4, 0.5) is 0 Å². The van der Waals surface area contributed by atoms with Crippen LogP contribution < -0.4 is 4.74 Å². The van der Waals surface area contributed by atoms with E-state index in [1.807, 2.05) is 36.4 Å². The van der Waals surface area contributed by atoms with Gasteiger partial charge < -0.3 is 4.74 Å². The van der Waals surface area contributed by atoms with E-state index in [-0.39, 0.29) is 5.78 Å². The number of rotatable bonds is 8. The molecule has 3 heteroatoms. The van der Waals surface area contributed by atoms with Gasteiger partial charge in [0.15, 0.2) is 5.78 Å². The Bertz CT molecular complexity index is 956. The second-order valence-corrected chi connectivity index (χ2v) is 8.48. The molecule has 1 aliphatic rings. The van der Waals surface area contributed by atoms with Gasteiger partial charge in [-0.2, -0.15) is 0 Å². The molecule has 3 aromatic rings. The maximum absolute atomic E-state index is 11.4. The maximum Gasteiger partial charge on any atom is 0.159 e. The van der Waals surface area contributed by atoms with E-state index in [4.69, 9.17) is 4.74 Å². The fraction of sp³-hybridized carbons (Fsp3) is 0.321. The van der Waals surface area contributed by atoms with Crippen LogP contribution in [0.2, 0.25) is 0 Å². The Morgan fingerprint density at radius 3 is 2.10 bits per heavy atom. The first-order valence-corrected chi connectivity index (χ1v) is 11.3. The Morgan fingerprint density at radius 2 is 1.48 bits per heavy atom. The Morgan fingerprint density at radius 1 is 0.871 bits per heavy atom. The first kappa shape index (κ1) is 21.3. The molecule has 0 N–H and O–H groups in total. The number of ketones is 1. The van der Waals surface area contributed by atoms with Gasteiger partial charge in [0.1, 0.15) is 12.4 Å². The van der Waals surface area contributed by atoms with Crippen molar-refractivity contribution in [2.75, 3.05) is 26.2 Å². The van der Waals surface area contributed by atoms with E-state index in [1.54, 1.807) is 6.92 Å². The second kappa shape index (κ2) is 10.4. The lowest BCUT2D eigenvalue weighted by Gasteiger charge is -2.31. The van der Waals surface area contributed by atoms with Crippen molar-refractivity contribution in [1.29, 1.82) is 0 Å². The summed E-state index contributed by atoms with van der Waals surface area (Å²) in [5, 5.41) is 0. The Labute approximate surface area is 185 Å². The third kappa shape index (κ3) is 6.05. The average Bonchev–Trinajstić information content (AvgIpc) is 2.81. The summed E-state index contributed by atoms with van der Waals surface area (Å²) in [5.74, 6) is 1.80. The van der Waals surface area contributed by atoms with Gasteiger partial charge in [0.05, 0.1) is 0 Å². The summed E-state index contributed by atoms with van der Waals surface area (Å²) in [4.78, 5) is 13.9. The van der Waals surface area contributed by atoms with Gasteiger partial charge in [-0.15, -0.1) is 0 Å². The van der Waals surface area contributed by atoms with Crippen LogP contribution in [0.1, 0.15) is 35.7 Å². The molecular formula is C28H31NO2. The quantitative estimate of drug-likeness (QED) is 0.431. The molecule has 0 saturated carbocycles. The van der Waals surface area contributed by atoms with Crippen molar-refractivity contribution in [2.45, 2.75) is 26.2 Å². The van der Waals surface area contributed by atoms with Gasteiger partial charge in [0.25, 0.3) is 0 Å². The molecule has 31 heavy (non-hydrogen) atoms. The van der Waals surface area contributed by atoms with Crippen LogP contribution in [-0.4, -0.2) is 36.9 Å². The smallest absolute Gasteiger partial charge is 0.159 e. The predicted octanol–water partition coefficient (Wildman–Crippen LogP) is 5.89. The number of ether oxygens (including phenoxy) is 1. The van der Waals surface area contributed by atoms with Crippen molar-refractivity contribution in [2.24, 2.45) is 5.92 Å². The minimum absolute atomic E-state index is 0.0933. The molecule has 1 aliphatic heterocycles. The number of carbonyl (C=O) groups excluding carboxylic acids is 1. The van der Waals surface area contributed by atoms with E-state index in [9.17, 15) is 4.79 Å². The lowest BCUT2D eigenvalue weighted by molar-refractivity contribution is 0.101. The molecule has 1 fully saturated rings. The van der Waals surface area contributed by atoms with Crippen LogP contribution in [0, 0.1) is 5.92 Å². The molecule has 0 unspecified atom stereocenters. The minimum atomic E-state index is 0.0933. The van der Waals surface area contributed by atoms with E-state index in [0.717, 1.165) is 54.6 Å². The first-order valence-electron chi connectivity index (χ1n) is 11.3. The number of carbonyl (C=O) groups is 1. The number of hydrogen-bond donors (Lipinski definition) is 0. The molecule has 0 amide bonds. The molecule has 160 valence electrons. The fourth-order valence-electron chi connectivity index (χ4n) is 4.30. The van der Waals surface area contributed by atoms with Crippen molar-refractivity contribution < 1.29 is 9.53 Å². The Kier molecular flexibility index (Phi) is 7.16. The summed E-state index contributed by atoms with van der Waals surface area (Å²) in [5.41, 5.74) is 4.44. The predicted molar refractivity (Wildman–Crippen MR) is 127 cm³/mol. The van der Waals surface area contributed by atoms with E-state index >= 15 is 0 Å². The highest BCUT2D eigenvalue weighted by Gasteiger charge is 2.19.